The molecule has 0 saturated heterocycles. The van der Waals surface area contributed by atoms with Gasteiger partial charge in [0.15, 0.2) is 5.43 Å². The highest BCUT2D eigenvalue weighted by Crippen LogP contribution is 2.15. The van der Waals surface area contributed by atoms with Crippen LogP contribution in [0.3, 0.4) is 0 Å². The average Bonchev–Trinajstić information content (AvgIpc) is 2.87. The smallest absolute Gasteiger partial charge is 0.328 e. The number of halogens is 1. The highest BCUT2D eigenvalue weighted by atomic mass is 19.1. The number of H-pyrrole nitrogens is 1. The minimum Gasteiger partial charge on any atom is -0.355 e. The number of nitrogens with one attached hydrogen (secondary N) is 2. The number of pyridine rings is 1. The summed E-state index contributed by atoms with van der Waals surface area (Å²) >= 11 is 0. The van der Waals surface area contributed by atoms with E-state index < -0.39 is 5.82 Å². The van der Waals surface area contributed by atoms with Gasteiger partial charge in [0.25, 0.3) is 0 Å². The number of para-hydroxylation sites is 1. The van der Waals surface area contributed by atoms with Gasteiger partial charge in [0, 0.05) is 44.3 Å². The van der Waals surface area contributed by atoms with Crippen molar-refractivity contribution in [2.45, 2.75) is 13.1 Å². The Labute approximate surface area is 153 Å². The van der Waals surface area contributed by atoms with E-state index in [-0.39, 0.29) is 16.6 Å². The number of hydrogen-bond donors (Lipinski definition) is 2. The fourth-order valence-electron chi connectivity index (χ4n) is 3.39. The van der Waals surface area contributed by atoms with Crippen molar-refractivity contribution in [2.24, 2.45) is 14.1 Å². The lowest BCUT2D eigenvalue weighted by Crippen LogP contribution is -2.19. The Hall–Kier alpha value is -3.19. The Balaban J connectivity index is 1.55. The number of fused-ring (bicyclic) bond motifs is 2. The molecular weight excluding hydrogens is 347 g/mol. The minimum atomic E-state index is -0.443. The van der Waals surface area contributed by atoms with Crippen molar-refractivity contribution in [2.75, 3.05) is 0 Å². The lowest BCUT2D eigenvalue weighted by atomic mass is 10.1. The SMILES string of the molecule is Cn1c(=O)n(C)c2cc(CNCc3cc(=O)c4cccc(F)c4[nH]3)ccc21. The third kappa shape index (κ3) is 2.96. The van der Waals surface area contributed by atoms with E-state index in [2.05, 4.69) is 10.3 Å². The Kier molecular flexibility index (Phi) is 4.16. The summed E-state index contributed by atoms with van der Waals surface area (Å²) in [6.07, 6.45) is 0. The molecule has 27 heavy (non-hydrogen) atoms. The normalized spacial score (nSPS) is 11.5. The molecule has 0 aliphatic rings. The molecule has 0 atom stereocenters. The summed E-state index contributed by atoms with van der Waals surface area (Å²) in [4.78, 5) is 27.2. The van der Waals surface area contributed by atoms with E-state index >= 15 is 0 Å². The van der Waals surface area contributed by atoms with E-state index in [1.807, 2.05) is 18.2 Å². The first-order valence-corrected chi connectivity index (χ1v) is 8.61. The zero-order valence-corrected chi connectivity index (χ0v) is 15.0. The van der Waals surface area contributed by atoms with Gasteiger partial charge in [-0.25, -0.2) is 9.18 Å². The first-order chi connectivity index (χ1) is 13.0. The largest absolute Gasteiger partial charge is 0.355 e. The van der Waals surface area contributed by atoms with Crippen LogP contribution in [0.5, 0.6) is 0 Å². The van der Waals surface area contributed by atoms with Gasteiger partial charge in [0.1, 0.15) is 5.82 Å². The van der Waals surface area contributed by atoms with Crippen molar-refractivity contribution >= 4 is 21.9 Å². The van der Waals surface area contributed by atoms with Crippen molar-refractivity contribution in [3.8, 4) is 0 Å². The molecule has 4 rings (SSSR count). The van der Waals surface area contributed by atoms with Gasteiger partial charge >= 0.3 is 5.69 Å². The number of imidazole rings is 1. The van der Waals surface area contributed by atoms with Crippen molar-refractivity contribution in [1.29, 1.82) is 0 Å². The fourth-order valence-corrected chi connectivity index (χ4v) is 3.39. The topological polar surface area (TPSA) is 71.8 Å². The summed E-state index contributed by atoms with van der Waals surface area (Å²) in [6, 6.07) is 11.8. The zero-order valence-electron chi connectivity index (χ0n) is 15.0. The molecule has 0 saturated carbocycles. The molecule has 6 nitrogen and oxygen atoms in total. The van der Waals surface area contributed by atoms with Crippen LogP contribution in [-0.2, 0) is 27.2 Å². The predicted octanol–water partition coefficient (Wildman–Crippen LogP) is 2.15. The molecule has 0 radical (unpaired) electrons. The number of aromatic nitrogens is 3. The van der Waals surface area contributed by atoms with Crippen LogP contribution in [0.25, 0.3) is 21.9 Å². The predicted molar refractivity (Wildman–Crippen MR) is 103 cm³/mol. The first-order valence-electron chi connectivity index (χ1n) is 8.61. The van der Waals surface area contributed by atoms with E-state index in [1.165, 1.54) is 18.2 Å². The van der Waals surface area contributed by atoms with Crippen molar-refractivity contribution in [3.05, 3.63) is 80.2 Å². The number of nitrogens with zero attached hydrogens (tertiary/aromatic N) is 2. The van der Waals surface area contributed by atoms with Gasteiger partial charge in [-0.15, -0.1) is 0 Å². The number of rotatable bonds is 4. The summed E-state index contributed by atoms with van der Waals surface area (Å²) in [5, 5.41) is 3.59. The zero-order chi connectivity index (χ0) is 19.1. The second-order valence-corrected chi connectivity index (χ2v) is 6.65. The fraction of sp³-hybridized carbons (Fsp3) is 0.200. The van der Waals surface area contributed by atoms with Gasteiger partial charge < -0.3 is 10.3 Å². The van der Waals surface area contributed by atoms with Crippen LogP contribution in [0.4, 0.5) is 4.39 Å². The van der Waals surface area contributed by atoms with Gasteiger partial charge in [-0.2, -0.15) is 0 Å². The molecule has 2 N–H and O–H groups in total. The van der Waals surface area contributed by atoms with Crippen molar-refractivity contribution < 1.29 is 4.39 Å². The Morgan fingerprint density at radius 1 is 1.00 bits per heavy atom. The van der Waals surface area contributed by atoms with Gasteiger partial charge in [0.2, 0.25) is 0 Å². The molecule has 0 amide bonds. The maximum Gasteiger partial charge on any atom is 0.328 e. The lowest BCUT2D eigenvalue weighted by Gasteiger charge is -2.08. The first kappa shape index (κ1) is 17.2. The molecular formula is C20H19FN4O2. The van der Waals surface area contributed by atoms with Crippen LogP contribution in [-0.4, -0.2) is 14.1 Å². The highest BCUT2D eigenvalue weighted by Gasteiger charge is 2.09. The molecule has 2 heterocycles. The van der Waals surface area contributed by atoms with E-state index in [9.17, 15) is 14.0 Å². The van der Waals surface area contributed by atoms with Crippen molar-refractivity contribution in [3.63, 3.8) is 0 Å². The van der Waals surface area contributed by atoms with Gasteiger partial charge in [-0.3, -0.25) is 13.9 Å². The molecule has 0 bridgehead atoms. The van der Waals surface area contributed by atoms with Crippen LogP contribution in [0.1, 0.15) is 11.3 Å². The molecule has 0 aliphatic heterocycles. The lowest BCUT2D eigenvalue weighted by molar-refractivity contribution is 0.634. The molecule has 0 fully saturated rings. The molecule has 7 heteroatoms. The second-order valence-electron chi connectivity index (χ2n) is 6.65. The van der Waals surface area contributed by atoms with Crippen LogP contribution in [0, 0.1) is 5.82 Å². The van der Waals surface area contributed by atoms with E-state index in [1.54, 1.807) is 29.3 Å². The van der Waals surface area contributed by atoms with Crippen molar-refractivity contribution in [1.82, 2.24) is 19.4 Å². The molecule has 4 aromatic rings. The van der Waals surface area contributed by atoms with Gasteiger partial charge in [-0.05, 0) is 29.8 Å². The average molecular weight is 366 g/mol. The molecule has 138 valence electrons. The quantitative estimate of drug-likeness (QED) is 0.581. The van der Waals surface area contributed by atoms with E-state index in [0.29, 0.717) is 24.2 Å². The highest BCUT2D eigenvalue weighted by molar-refractivity contribution is 5.79. The summed E-state index contributed by atoms with van der Waals surface area (Å²) in [5.41, 5.74) is 3.32. The third-order valence-corrected chi connectivity index (χ3v) is 4.85. The standard InChI is InChI=1S/C20H19FN4O2/c1-24-16-7-6-12(8-17(16)25(2)20(24)27)10-22-11-13-9-18(26)14-4-3-5-15(21)19(14)23-13/h3-9,22H,10-11H2,1-2H3,(H,23,26). The number of benzene rings is 2. The molecule has 0 unspecified atom stereocenters. The Bertz CT molecular complexity index is 1280. The molecule has 2 aromatic heterocycles. The number of hydrogen-bond acceptors (Lipinski definition) is 3. The minimum absolute atomic E-state index is 0.0640. The number of aryl methyl sites for hydroxylation is 2. The second kappa shape index (κ2) is 6.51. The Morgan fingerprint density at radius 2 is 1.78 bits per heavy atom. The van der Waals surface area contributed by atoms with Crippen LogP contribution < -0.4 is 16.4 Å². The monoisotopic (exact) mass is 366 g/mol. The van der Waals surface area contributed by atoms with E-state index in [4.69, 9.17) is 0 Å². The van der Waals surface area contributed by atoms with Crippen LogP contribution in [0.2, 0.25) is 0 Å². The van der Waals surface area contributed by atoms with Crippen LogP contribution in [0.15, 0.2) is 52.1 Å². The van der Waals surface area contributed by atoms with Gasteiger partial charge in [-0.1, -0.05) is 12.1 Å². The summed E-state index contributed by atoms with van der Waals surface area (Å²) in [6.45, 7) is 0.946. The maximum atomic E-state index is 13.9. The summed E-state index contributed by atoms with van der Waals surface area (Å²) in [7, 11) is 3.49. The molecule has 2 aromatic carbocycles. The van der Waals surface area contributed by atoms with Gasteiger partial charge in [0.05, 0.1) is 16.6 Å². The molecule has 0 spiro atoms. The maximum absolute atomic E-state index is 13.9. The summed E-state index contributed by atoms with van der Waals surface area (Å²) < 4.78 is 17.2. The van der Waals surface area contributed by atoms with E-state index in [0.717, 1.165) is 16.6 Å². The Morgan fingerprint density at radius 3 is 2.59 bits per heavy atom. The number of aromatic amines is 1. The third-order valence-electron chi connectivity index (χ3n) is 4.85. The molecule has 0 aliphatic carbocycles. The summed E-state index contributed by atoms with van der Waals surface area (Å²) in [5.74, 6) is -0.443. The van der Waals surface area contributed by atoms with Crippen LogP contribution >= 0.6 is 0 Å².